The average Bonchev–Trinajstić information content (AvgIpc) is 2.49. The molecule has 0 unspecified atom stereocenters. The van der Waals surface area contributed by atoms with Crippen molar-refractivity contribution in [1.82, 2.24) is 5.32 Å². The summed E-state index contributed by atoms with van der Waals surface area (Å²) in [5.41, 5.74) is 1.23. The van der Waals surface area contributed by atoms with E-state index in [1.807, 2.05) is 32.0 Å². The van der Waals surface area contributed by atoms with Crippen molar-refractivity contribution in [3.8, 4) is 0 Å². The van der Waals surface area contributed by atoms with Crippen molar-refractivity contribution in [1.29, 1.82) is 0 Å². The Morgan fingerprint density at radius 2 is 1.86 bits per heavy atom. The van der Waals surface area contributed by atoms with Gasteiger partial charge in [0.1, 0.15) is 0 Å². The molecule has 1 amide bonds. The molecular formula is C16H25NO3S. The van der Waals surface area contributed by atoms with Crippen molar-refractivity contribution in [2.45, 2.75) is 26.6 Å². The molecule has 1 rings (SSSR count). The lowest BCUT2D eigenvalue weighted by Crippen LogP contribution is -2.28. The van der Waals surface area contributed by atoms with Crippen LogP contribution in [0.25, 0.3) is 0 Å². The Balaban J connectivity index is 2.10. The number of thioether (sulfide) groups is 1. The quantitative estimate of drug-likeness (QED) is 0.638. The molecule has 4 nitrogen and oxygen atoms in total. The molecular weight excluding hydrogens is 286 g/mol. The molecule has 5 heteroatoms. The van der Waals surface area contributed by atoms with Crippen molar-refractivity contribution in [2.24, 2.45) is 0 Å². The molecule has 0 spiro atoms. The van der Waals surface area contributed by atoms with Crippen LogP contribution in [0.1, 0.15) is 19.4 Å². The molecule has 0 fully saturated rings. The lowest BCUT2D eigenvalue weighted by molar-refractivity contribution is -0.120. The van der Waals surface area contributed by atoms with Gasteiger partial charge in [0.15, 0.2) is 6.29 Å². The van der Waals surface area contributed by atoms with Gasteiger partial charge in [-0.3, -0.25) is 4.79 Å². The summed E-state index contributed by atoms with van der Waals surface area (Å²) in [5, 5.41) is 2.93. The molecule has 0 heterocycles. The summed E-state index contributed by atoms with van der Waals surface area (Å²) >= 11 is 1.53. The molecule has 0 aliphatic heterocycles. The molecule has 0 aliphatic carbocycles. The molecule has 0 aliphatic rings. The Bertz CT molecular complexity index is 380. The van der Waals surface area contributed by atoms with Crippen LogP contribution in [-0.4, -0.2) is 43.5 Å². The van der Waals surface area contributed by atoms with Crippen LogP contribution in [0.2, 0.25) is 0 Å². The molecule has 0 radical (unpaired) electrons. The van der Waals surface area contributed by atoms with Gasteiger partial charge in [-0.15, -0.1) is 11.8 Å². The van der Waals surface area contributed by atoms with Gasteiger partial charge in [0, 0.05) is 25.5 Å². The molecule has 0 saturated heterocycles. The molecule has 21 heavy (non-hydrogen) atoms. The van der Waals surface area contributed by atoms with E-state index in [9.17, 15) is 4.79 Å². The molecule has 0 atom stereocenters. The normalized spacial score (nSPS) is 10.8. The number of hydrogen-bond acceptors (Lipinski definition) is 4. The number of benzene rings is 1. The van der Waals surface area contributed by atoms with E-state index in [-0.39, 0.29) is 12.2 Å². The summed E-state index contributed by atoms with van der Waals surface area (Å²) in [6.07, 6.45) is 0.639. The minimum absolute atomic E-state index is 0.0580. The zero-order valence-corrected chi connectivity index (χ0v) is 13.7. The van der Waals surface area contributed by atoms with E-state index >= 15 is 0 Å². The second-order valence-corrected chi connectivity index (χ2v) is 5.47. The van der Waals surface area contributed by atoms with Crippen LogP contribution in [0.4, 0.5) is 0 Å². The standard InChI is InChI=1S/C16H25NO3S/c1-3-19-16(20-4-2)13-21-12-15(18)17-11-10-14-8-6-5-7-9-14/h5-9,16H,3-4,10-13H2,1-2H3,(H,17,18). The van der Waals surface area contributed by atoms with Gasteiger partial charge in [0.05, 0.1) is 5.75 Å². The topological polar surface area (TPSA) is 47.6 Å². The zero-order valence-electron chi connectivity index (χ0n) is 12.8. The van der Waals surface area contributed by atoms with E-state index in [1.165, 1.54) is 17.3 Å². The zero-order chi connectivity index (χ0) is 15.3. The van der Waals surface area contributed by atoms with E-state index < -0.39 is 0 Å². The highest BCUT2D eigenvalue weighted by Gasteiger charge is 2.09. The van der Waals surface area contributed by atoms with Crippen molar-refractivity contribution in [3.63, 3.8) is 0 Å². The SMILES string of the molecule is CCOC(CSCC(=O)NCCc1ccccc1)OCC. The second kappa shape index (κ2) is 11.6. The maximum Gasteiger partial charge on any atom is 0.230 e. The van der Waals surface area contributed by atoms with Crippen LogP contribution in [0.3, 0.4) is 0 Å². The first-order valence-corrected chi connectivity index (χ1v) is 8.53. The van der Waals surface area contributed by atoms with Crippen molar-refractivity contribution >= 4 is 17.7 Å². The fraction of sp³-hybridized carbons (Fsp3) is 0.562. The maximum atomic E-state index is 11.7. The highest BCUT2D eigenvalue weighted by molar-refractivity contribution is 7.99. The largest absolute Gasteiger partial charge is 0.355 e. The lowest BCUT2D eigenvalue weighted by atomic mass is 10.1. The van der Waals surface area contributed by atoms with E-state index in [1.54, 1.807) is 0 Å². The van der Waals surface area contributed by atoms with Crippen LogP contribution < -0.4 is 5.32 Å². The summed E-state index contributed by atoms with van der Waals surface area (Å²) in [5.74, 6) is 1.17. The fourth-order valence-electron chi connectivity index (χ4n) is 1.81. The Morgan fingerprint density at radius 1 is 1.19 bits per heavy atom. The van der Waals surface area contributed by atoms with E-state index in [2.05, 4.69) is 17.4 Å². The van der Waals surface area contributed by atoms with E-state index in [0.717, 1.165) is 6.42 Å². The molecule has 0 bridgehead atoms. The fourth-order valence-corrected chi connectivity index (χ4v) is 2.60. The van der Waals surface area contributed by atoms with Crippen molar-refractivity contribution < 1.29 is 14.3 Å². The molecule has 1 N–H and O–H groups in total. The number of carbonyl (C=O) groups excluding carboxylic acids is 1. The van der Waals surface area contributed by atoms with Gasteiger partial charge in [0.25, 0.3) is 0 Å². The summed E-state index contributed by atoms with van der Waals surface area (Å²) in [7, 11) is 0. The first-order chi connectivity index (χ1) is 10.3. The van der Waals surface area contributed by atoms with Gasteiger partial charge >= 0.3 is 0 Å². The van der Waals surface area contributed by atoms with Gasteiger partial charge in [-0.1, -0.05) is 30.3 Å². The van der Waals surface area contributed by atoms with Crippen LogP contribution in [0, 0.1) is 0 Å². The number of nitrogens with one attached hydrogen (secondary N) is 1. The van der Waals surface area contributed by atoms with E-state index in [4.69, 9.17) is 9.47 Å². The summed E-state index contributed by atoms with van der Waals surface area (Å²) < 4.78 is 10.9. The monoisotopic (exact) mass is 311 g/mol. The van der Waals surface area contributed by atoms with Crippen LogP contribution in [-0.2, 0) is 20.7 Å². The number of amides is 1. The summed E-state index contributed by atoms with van der Waals surface area (Å²) in [6.45, 7) is 5.78. The Morgan fingerprint density at radius 3 is 2.48 bits per heavy atom. The lowest BCUT2D eigenvalue weighted by Gasteiger charge is -2.16. The van der Waals surface area contributed by atoms with Crippen LogP contribution in [0.15, 0.2) is 30.3 Å². The molecule has 1 aromatic rings. The van der Waals surface area contributed by atoms with Gasteiger partial charge in [0.2, 0.25) is 5.91 Å². The summed E-state index contributed by atoms with van der Waals surface area (Å²) in [4.78, 5) is 11.7. The molecule has 118 valence electrons. The first kappa shape index (κ1) is 18.0. The Kier molecular flexibility index (Phi) is 9.95. The minimum atomic E-state index is -0.220. The molecule has 0 saturated carbocycles. The minimum Gasteiger partial charge on any atom is -0.355 e. The van der Waals surface area contributed by atoms with Crippen LogP contribution in [0.5, 0.6) is 0 Å². The van der Waals surface area contributed by atoms with E-state index in [0.29, 0.717) is 31.3 Å². The molecule has 0 aromatic heterocycles. The summed E-state index contributed by atoms with van der Waals surface area (Å²) in [6, 6.07) is 10.1. The first-order valence-electron chi connectivity index (χ1n) is 7.37. The number of carbonyl (C=O) groups is 1. The number of hydrogen-bond donors (Lipinski definition) is 1. The third-order valence-electron chi connectivity index (χ3n) is 2.77. The van der Waals surface area contributed by atoms with Crippen molar-refractivity contribution in [3.05, 3.63) is 35.9 Å². The third-order valence-corrected chi connectivity index (χ3v) is 3.75. The molecule has 1 aromatic carbocycles. The maximum absolute atomic E-state index is 11.7. The average molecular weight is 311 g/mol. The number of rotatable bonds is 11. The Hall–Kier alpha value is -1.04. The van der Waals surface area contributed by atoms with Crippen molar-refractivity contribution in [2.75, 3.05) is 31.3 Å². The third kappa shape index (κ3) is 8.75. The number of ether oxygens (including phenoxy) is 2. The predicted octanol–water partition coefficient (Wildman–Crippen LogP) is 2.48. The highest BCUT2D eigenvalue weighted by atomic mass is 32.2. The van der Waals surface area contributed by atoms with Gasteiger partial charge in [-0.05, 0) is 25.8 Å². The second-order valence-electron chi connectivity index (χ2n) is 4.44. The van der Waals surface area contributed by atoms with Gasteiger partial charge in [-0.25, -0.2) is 0 Å². The predicted molar refractivity (Wildman–Crippen MR) is 87.5 cm³/mol. The van der Waals surface area contributed by atoms with Gasteiger partial charge in [-0.2, -0.15) is 0 Å². The highest BCUT2D eigenvalue weighted by Crippen LogP contribution is 2.07. The van der Waals surface area contributed by atoms with Crippen LogP contribution >= 0.6 is 11.8 Å². The smallest absolute Gasteiger partial charge is 0.230 e. The Labute approximate surface area is 131 Å². The van der Waals surface area contributed by atoms with Gasteiger partial charge < -0.3 is 14.8 Å².